The number of carbonyl (C=O) groups is 1. The van der Waals surface area contributed by atoms with Crippen LogP contribution in [0.4, 0.5) is 5.69 Å². The molecule has 148 valence electrons. The Bertz CT molecular complexity index is 936. The Labute approximate surface area is 159 Å². The number of amides is 1. The fourth-order valence-electron chi connectivity index (χ4n) is 3.74. The summed E-state index contributed by atoms with van der Waals surface area (Å²) in [6.07, 6.45) is 3.62. The predicted molar refractivity (Wildman–Crippen MR) is 106 cm³/mol. The fraction of sp³-hybridized carbons (Fsp3) is 0.526. The average Bonchev–Trinajstić information content (AvgIpc) is 2.95. The molecule has 3 N–H and O–H groups in total. The van der Waals surface area contributed by atoms with E-state index in [2.05, 4.69) is 9.71 Å². The van der Waals surface area contributed by atoms with Crippen molar-refractivity contribution in [3.8, 4) is 0 Å². The van der Waals surface area contributed by atoms with Crippen LogP contribution in [0.2, 0.25) is 0 Å². The molecule has 1 amide bonds. The van der Waals surface area contributed by atoms with Crippen LogP contribution in [0.1, 0.15) is 43.6 Å². The van der Waals surface area contributed by atoms with Crippen molar-refractivity contribution in [2.45, 2.75) is 38.7 Å². The smallest absolute Gasteiger partial charge is 0.270 e. The third-order valence-corrected chi connectivity index (χ3v) is 5.45. The molecule has 1 aliphatic heterocycles. The summed E-state index contributed by atoms with van der Waals surface area (Å²) in [5.74, 6) is 0.381. The number of nitrogens with zero attached hydrogens (tertiary/aromatic N) is 1. The van der Waals surface area contributed by atoms with E-state index in [4.69, 9.17) is 0 Å². The van der Waals surface area contributed by atoms with Crippen molar-refractivity contribution < 1.29 is 18.3 Å². The van der Waals surface area contributed by atoms with E-state index in [1.165, 1.54) is 0 Å². The van der Waals surface area contributed by atoms with Gasteiger partial charge in [0.25, 0.3) is 5.91 Å². The Balaban J connectivity index is 1.69. The van der Waals surface area contributed by atoms with Gasteiger partial charge in [0, 0.05) is 29.7 Å². The van der Waals surface area contributed by atoms with Crippen LogP contribution in [0.5, 0.6) is 0 Å². The van der Waals surface area contributed by atoms with E-state index < -0.39 is 15.6 Å². The normalized spacial score (nSPS) is 16.7. The van der Waals surface area contributed by atoms with Crippen LogP contribution in [0.15, 0.2) is 24.3 Å². The zero-order valence-corrected chi connectivity index (χ0v) is 16.8. The molecular formula is C19H27N3O4S. The van der Waals surface area contributed by atoms with E-state index in [1.807, 2.05) is 18.7 Å². The first-order valence-electron chi connectivity index (χ1n) is 9.12. The van der Waals surface area contributed by atoms with Gasteiger partial charge >= 0.3 is 0 Å². The highest BCUT2D eigenvalue weighted by atomic mass is 32.2. The number of rotatable bonds is 5. The quantitative estimate of drug-likeness (QED) is 0.726. The maximum Gasteiger partial charge on any atom is 0.270 e. The number of benzene rings is 1. The molecule has 1 saturated heterocycles. The summed E-state index contributed by atoms with van der Waals surface area (Å²) in [5, 5.41) is 10.7. The average molecular weight is 394 g/mol. The maximum absolute atomic E-state index is 12.8. The number of fused-ring (bicyclic) bond motifs is 1. The lowest BCUT2D eigenvalue weighted by Gasteiger charge is -2.34. The highest BCUT2D eigenvalue weighted by Gasteiger charge is 2.28. The number of likely N-dealkylation sites (tertiary alicyclic amines) is 1. The Morgan fingerprint density at radius 2 is 1.96 bits per heavy atom. The van der Waals surface area contributed by atoms with E-state index in [-0.39, 0.29) is 5.91 Å². The number of aromatic amines is 1. The Morgan fingerprint density at radius 1 is 1.30 bits per heavy atom. The molecule has 0 radical (unpaired) electrons. The topological polar surface area (TPSA) is 102 Å². The van der Waals surface area contributed by atoms with Gasteiger partial charge in [-0.3, -0.25) is 9.52 Å². The zero-order chi connectivity index (χ0) is 19.8. The zero-order valence-electron chi connectivity index (χ0n) is 15.9. The van der Waals surface area contributed by atoms with Crippen molar-refractivity contribution in [3.63, 3.8) is 0 Å². The molecule has 27 heavy (non-hydrogen) atoms. The number of piperidine rings is 1. The number of nitrogens with one attached hydrogen (secondary N) is 2. The molecule has 0 bridgehead atoms. The number of sulfonamides is 1. The number of carbonyl (C=O) groups excluding carboxylic acids is 1. The molecule has 2 heterocycles. The second-order valence-corrected chi connectivity index (χ2v) is 9.86. The number of hydrogen-bond donors (Lipinski definition) is 3. The van der Waals surface area contributed by atoms with Crippen molar-refractivity contribution in [2.75, 3.05) is 24.1 Å². The molecule has 0 atom stereocenters. The van der Waals surface area contributed by atoms with E-state index in [0.29, 0.717) is 30.4 Å². The minimum atomic E-state index is -3.34. The lowest BCUT2D eigenvalue weighted by molar-refractivity contribution is 0.0357. The van der Waals surface area contributed by atoms with Gasteiger partial charge in [-0.2, -0.15) is 0 Å². The van der Waals surface area contributed by atoms with Crippen LogP contribution < -0.4 is 4.72 Å². The molecule has 1 aromatic carbocycles. The monoisotopic (exact) mass is 393 g/mol. The van der Waals surface area contributed by atoms with Gasteiger partial charge in [-0.25, -0.2) is 8.42 Å². The molecule has 0 aliphatic carbocycles. The molecule has 7 nitrogen and oxygen atoms in total. The number of hydrogen-bond acceptors (Lipinski definition) is 4. The molecule has 8 heteroatoms. The molecule has 1 aromatic heterocycles. The molecule has 0 saturated carbocycles. The van der Waals surface area contributed by atoms with Gasteiger partial charge < -0.3 is 15.0 Å². The largest absolute Gasteiger partial charge is 0.390 e. The van der Waals surface area contributed by atoms with Crippen LogP contribution in [0.25, 0.3) is 10.9 Å². The molecule has 2 aromatic rings. The van der Waals surface area contributed by atoms with Crippen molar-refractivity contribution in [2.24, 2.45) is 5.92 Å². The summed E-state index contributed by atoms with van der Waals surface area (Å²) >= 11 is 0. The maximum atomic E-state index is 12.8. The number of aromatic nitrogens is 1. The standard InChI is InChI=1S/C19H27N3O4S/c1-19(2,24)12-13-6-8-22(9-7-13)18(23)17-11-14-10-15(21-27(3,25)26)4-5-16(14)20-17/h4-5,10-11,13,20-21,24H,6-9,12H2,1-3H3. The highest BCUT2D eigenvalue weighted by molar-refractivity contribution is 7.92. The number of aliphatic hydroxyl groups is 1. The van der Waals surface area contributed by atoms with Crippen LogP contribution >= 0.6 is 0 Å². The Morgan fingerprint density at radius 3 is 2.56 bits per heavy atom. The van der Waals surface area contributed by atoms with Crippen molar-refractivity contribution >= 4 is 32.5 Å². The van der Waals surface area contributed by atoms with Crippen molar-refractivity contribution in [1.82, 2.24) is 9.88 Å². The van der Waals surface area contributed by atoms with Gasteiger partial charge in [0.05, 0.1) is 11.9 Å². The third-order valence-electron chi connectivity index (χ3n) is 4.84. The van der Waals surface area contributed by atoms with E-state index in [9.17, 15) is 18.3 Å². The van der Waals surface area contributed by atoms with Crippen LogP contribution in [0.3, 0.4) is 0 Å². The molecule has 0 unspecified atom stereocenters. The second-order valence-electron chi connectivity index (χ2n) is 8.11. The first kappa shape index (κ1) is 19.7. The van der Waals surface area contributed by atoms with E-state index in [1.54, 1.807) is 24.3 Å². The van der Waals surface area contributed by atoms with Crippen LogP contribution in [0, 0.1) is 5.92 Å². The first-order valence-corrected chi connectivity index (χ1v) is 11.0. The SMILES string of the molecule is CC(C)(O)CC1CCN(C(=O)c2cc3cc(NS(C)(=O)=O)ccc3[nH]2)CC1. The summed E-state index contributed by atoms with van der Waals surface area (Å²) < 4.78 is 25.2. The fourth-order valence-corrected chi connectivity index (χ4v) is 4.30. The summed E-state index contributed by atoms with van der Waals surface area (Å²) in [6.45, 7) is 5.00. The minimum absolute atomic E-state index is 0.0504. The first-order chi connectivity index (χ1) is 12.5. The van der Waals surface area contributed by atoms with Gasteiger partial charge in [-0.15, -0.1) is 0 Å². The van der Waals surface area contributed by atoms with Crippen molar-refractivity contribution in [1.29, 1.82) is 0 Å². The predicted octanol–water partition coefficient (Wildman–Crippen LogP) is 2.55. The highest BCUT2D eigenvalue weighted by Crippen LogP contribution is 2.27. The summed E-state index contributed by atoms with van der Waals surface area (Å²) in [6, 6.07) is 6.89. The lowest BCUT2D eigenvalue weighted by Crippen LogP contribution is -2.40. The lowest BCUT2D eigenvalue weighted by atomic mass is 9.86. The van der Waals surface area contributed by atoms with Gasteiger partial charge in [-0.05, 0) is 63.3 Å². The van der Waals surface area contributed by atoms with Gasteiger partial charge in [0.15, 0.2) is 0 Å². The number of H-pyrrole nitrogens is 1. The minimum Gasteiger partial charge on any atom is -0.390 e. The van der Waals surface area contributed by atoms with Crippen LogP contribution in [-0.4, -0.2) is 54.3 Å². The van der Waals surface area contributed by atoms with Gasteiger partial charge in [0.1, 0.15) is 5.69 Å². The van der Waals surface area contributed by atoms with Gasteiger partial charge in [-0.1, -0.05) is 0 Å². The summed E-state index contributed by atoms with van der Waals surface area (Å²) in [7, 11) is -3.34. The van der Waals surface area contributed by atoms with E-state index >= 15 is 0 Å². The third kappa shape index (κ3) is 5.23. The van der Waals surface area contributed by atoms with E-state index in [0.717, 1.165) is 36.4 Å². The summed E-state index contributed by atoms with van der Waals surface area (Å²) in [4.78, 5) is 17.8. The molecule has 3 rings (SSSR count). The summed E-state index contributed by atoms with van der Waals surface area (Å²) in [5.41, 5.74) is 1.08. The van der Waals surface area contributed by atoms with Gasteiger partial charge in [0.2, 0.25) is 10.0 Å². The molecular weight excluding hydrogens is 366 g/mol. The number of anilines is 1. The Kier molecular flexibility index (Phi) is 5.22. The molecule has 0 spiro atoms. The molecule has 1 fully saturated rings. The van der Waals surface area contributed by atoms with Crippen molar-refractivity contribution in [3.05, 3.63) is 30.0 Å². The van der Waals surface area contributed by atoms with Crippen LogP contribution in [-0.2, 0) is 10.0 Å². The Hall–Kier alpha value is -2.06. The second kappa shape index (κ2) is 7.16. The molecule has 1 aliphatic rings.